The van der Waals surface area contributed by atoms with Crippen molar-refractivity contribution in [3.05, 3.63) is 29.3 Å². The molecule has 0 spiro atoms. The zero-order valence-electron chi connectivity index (χ0n) is 12.2. The van der Waals surface area contributed by atoms with Crippen molar-refractivity contribution in [3.8, 4) is 0 Å². The fraction of sp³-hybridized carbons (Fsp3) is 0.429. The molecule has 1 fully saturated rings. The van der Waals surface area contributed by atoms with E-state index in [4.69, 9.17) is 16.3 Å². The number of rotatable bonds is 4. The first-order chi connectivity index (χ1) is 10.3. The maximum atomic E-state index is 12.7. The summed E-state index contributed by atoms with van der Waals surface area (Å²) in [5, 5.41) is 0.380. The zero-order chi connectivity index (χ0) is 16.5. The fourth-order valence-corrected chi connectivity index (χ4v) is 4.10. The van der Waals surface area contributed by atoms with Crippen molar-refractivity contribution in [2.24, 2.45) is 5.41 Å². The van der Waals surface area contributed by atoms with Crippen LogP contribution in [0.15, 0.2) is 29.2 Å². The zero-order valence-corrected chi connectivity index (χ0v) is 13.7. The Morgan fingerprint density at radius 3 is 2.45 bits per heavy atom. The number of carbonyl (C=O) groups excluding carboxylic acids is 2. The highest BCUT2D eigenvalue weighted by Crippen LogP contribution is 2.36. The van der Waals surface area contributed by atoms with Crippen LogP contribution in [-0.4, -0.2) is 38.3 Å². The van der Waals surface area contributed by atoms with Gasteiger partial charge in [0.05, 0.1) is 4.90 Å². The highest BCUT2D eigenvalue weighted by molar-refractivity contribution is 7.89. The molecule has 2 atom stereocenters. The second-order valence-corrected chi connectivity index (χ2v) is 7.58. The van der Waals surface area contributed by atoms with Gasteiger partial charge in [-0.15, -0.1) is 0 Å². The predicted molar refractivity (Wildman–Crippen MR) is 79.7 cm³/mol. The van der Waals surface area contributed by atoms with E-state index in [0.717, 1.165) is 0 Å². The second kappa shape index (κ2) is 5.98. The van der Waals surface area contributed by atoms with E-state index in [1.54, 1.807) is 0 Å². The molecule has 0 aliphatic carbocycles. The number of nitrogens with zero attached hydrogens (tertiary/aromatic N) is 1. The first kappa shape index (κ1) is 16.9. The van der Waals surface area contributed by atoms with Crippen molar-refractivity contribution >= 4 is 33.8 Å². The number of piperidine rings is 1. The van der Waals surface area contributed by atoms with E-state index in [-0.39, 0.29) is 17.7 Å². The Kier molecular flexibility index (Phi) is 4.60. The number of sulfonamides is 1. The Labute approximate surface area is 134 Å². The number of hydrogen-bond acceptors (Lipinski definition) is 5. The van der Waals surface area contributed by atoms with Crippen molar-refractivity contribution in [1.29, 1.82) is 0 Å². The summed E-state index contributed by atoms with van der Waals surface area (Å²) in [5.41, 5.74) is -1.37. The molecule has 0 N–H and O–H groups in total. The third kappa shape index (κ3) is 2.76. The summed E-state index contributed by atoms with van der Waals surface area (Å²) >= 11 is 5.75. The largest absolute Gasteiger partial charge is 0.360 e. The molecule has 1 heterocycles. The van der Waals surface area contributed by atoms with Crippen LogP contribution in [0.1, 0.15) is 19.8 Å². The summed E-state index contributed by atoms with van der Waals surface area (Å²) in [5.74, 6) is -0.782. The van der Waals surface area contributed by atoms with E-state index < -0.39 is 27.6 Å². The minimum absolute atomic E-state index is 0.0811. The molecule has 120 valence electrons. The number of ether oxygens (including phenoxy) is 1. The number of methoxy groups -OCH3 is 1. The van der Waals surface area contributed by atoms with Crippen LogP contribution in [0.25, 0.3) is 0 Å². The van der Waals surface area contributed by atoms with Crippen LogP contribution >= 0.6 is 11.6 Å². The minimum atomic E-state index is -4.13. The lowest BCUT2D eigenvalue weighted by molar-refractivity contribution is -0.154. The molecule has 1 amide bonds. The van der Waals surface area contributed by atoms with E-state index in [1.165, 1.54) is 38.3 Å². The minimum Gasteiger partial charge on any atom is -0.360 e. The number of carbonyl (C=O) groups is 2. The first-order valence-corrected chi connectivity index (χ1v) is 8.41. The predicted octanol–water partition coefficient (Wildman–Crippen LogP) is 1.83. The Hall–Kier alpha value is -1.44. The molecular formula is C14H16ClNO5S. The number of halogens is 1. The molecular weight excluding hydrogens is 330 g/mol. The van der Waals surface area contributed by atoms with Crippen molar-refractivity contribution in [2.45, 2.75) is 30.9 Å². The van der Waals surface area contributed by atoms with Gasteiger partial charge in [-0.25, -0.2) is 12.7 Å². The Morgan fingerprint density at radius 2 is 1.95 bits per heavy atom. The van der Waals surface area contributed by atoms with Gasteiger partial charge in [-0.3, -0.25) is 4.79 Å². The second-order valence-electron chi connectivity index (χ2n) is 5.32. The lowest BCUT2D eigenvalue weighted by Crippen LogP contribution is -2.56. The normalized spacial score (nSPS) is 26.0. The smallest absolute Gasteiger partial charge is 0.268 e. The molecule has 0 unspecified atom stereocenters. The van der Waals surface area contributed by atoms with Crippen molar-refractivity contribution in [2.75, 3.05) is 7.11 Å². The number of benzene rings is 1. The van der Waals surface area contributed by atoms with Crippen molar-refractivity contribution in [3.63, 3.8) is 0 Å². The van der Waals surface area contributed by atoms with Gasteiger partial charge in [-0.05, 0) is 44.0 Å². The van der Waals surface area contributed by atoms with Gasteiger partial charge >= 0.3 is 0 Å². The summed E-state index contributed by atoms with van der Waals surface area (Å²) in [6, 6.07) is 5.46. The van der Waals surface area contributed by atoms with Crippen LogP contribution in [0.5, 0.6) is 0 Å². The van der Waals surface area contributed by atoms with Gasteiger partial charge in [-0.2, -0.15) is 0 Å². The van der Waals surface area contributed by atoms with Gasteiger partial charge in [0.15, 0.2) is 0 Å². The molecule has 1 aromatic rings. The summed E-state index contributed by atoms with van der Waals surface area (Å²) in [6.07, 6.45) is 0.0531. The Bertz CT molecular complexity index is 688. The Balaban J connectivity index is 2.51. The molecule has 8 heteroatoms. The topological polar surface area (TPSA) is 80.8 Å². The average Bonchev–Trinajstić information content (AvgIpc) is 2.50. The third-order valence-electron chi connectivity index (χ3n) is 3.76. The van der Waals surface area contributed by atoms with Crippen LogP contribution in [0.3, 0.4) is 0 Å². The van der Waals surface area contributed by atoms with E-state index in [1.807, 2.05) is 0 Å². The van der Waals surface area contributed by atoms with Gasteiger partial charge in [0.1, 0.15) is 17.9 Å². The number of amides is 1. The summed E-state index contributed by atoms with van der Waals surface area (Å²) in [6.45, 7) is 1.43. The van der Waals surface area contributed by atoms with Crippen LogP contribution in [-0.2, 0) is 24.3 Å². The highest BCUT2D eigenvalue weighted by Gasteiger charge is 2.49. The SMILES string of the molecule is CO[C@@H]1CC[C@@](C)(C=O)C(=O)N1S(=O)(=O)c1ccc(Cl)cc1. The van der Waals surface area contributed by atoms with Crippen LogP contribution < -0.4 is 0 Å². The molecule has 1 aliphatic heterocycles. The van der Waals surface area contributed by atoms with E-state index >= 15 is 0 Å². The molecule has 1 aromatic carbocycles. The van der Waals surface area contributed by atoms with Gasteiger partial charge in [-0.1, -0.05) is 11.6 Å². The maximum Gasteiger partial charge on any atom is 0.268 e. The van der Waals surface area contributed by atoms with Crippen LogP contribution in [0.2, 0.25) is 5.02 Å². The molecule has 2 rings (SSSR count). The molecule has 0 radical (unpaired) electrons. The van der Waals surface area contributed by atoms with Gasteiger partial charge in [0.25, 0.3) is 15.9 Å². The molecule has 22 heavy (non-hydrogen) atoms. The van der Waals surface area contributed by atoms with Crippen LogP contribution in [0, 0.1) is 5.41 Å². The van der Waals surface area contributed by atoms with Crippen LogP contribution in [0.4, 0.5) is 0 Å². The molecule has 0 bridgehead atoms. The summed E-state index contributed by atoms with van der Waals surface area (Å²) < 4.78 is 31.3. The van der Waals surface area contributed by atoms with E-state index in [0.29, 0.717) is 15.6 Å². The first-order valence-electron chi connectivity index (χ1n) is 6.60. The van der Waals surface area contributed by atoms with E-state index in [2.05, 4.69) is 0 Å². The standard InChI is InChI=1S/C14H16ClNO5S/c1-14(9-17)8-7-12(21-2)16(13(14)18)22(19,20)11-5-3-10(15)4-6-11/h3-6,9,12H,7-8H2,1-2H3/t12-,14+/m1/s1. The fourth-order valence-electron chi connectivity index (χ4n) is 2.34. The van der Waals surface area contributed by atoms with Gasteiger partial charge in [0, 0.05) is 12.1 Å². The molecule has 1 aliphatic rings. The maximum absolute atomic E-state index is 12.7. The Morgan fingerprint density at radius 1 is 1.36 bits per heavy atom. The lowest BCUT2D eigenvalue weighted by Gasteiger charge is -2.40. The molecule has 6 nitrogen and oxygen atoms in total. The van der Waals surface area contributed by atoms with E-state index in [9.17, 15) is 18.0 Å². The summed E-state index contributed by atoms with van der Waals surface area (Å²) in [4.78, 5) is 23.7. The molecule has 1 saturated heterocycles. The van der Waals surface area contributed by atoms with Crippen molar-refractivity contribution in [1.82, 2.24) is 4.31 Å². The molecule has 0 saturated carbocycles. The molecule has 0 aromatic heterocycles. The van der Waals surface area contributed by atoms with Gasteiger partial charge in [0.2, 0.25) is 0 Å². The average molecular weight is 346 g/mol. The third-order valence-corrected chi connectivity index (χ3v) is 5.80. The van der Waals surface area contributed by atoms with Crippen molar-refractivity contribution < 1.29 is 22.7 Å². The summed E-state index contributed by atoms with van der Waals surface area (Å²) in [7, 11) is -2.80. The number of hydrogen-bond donors (Lipinski definition) is 0. The van der Waals surface area contributed by atoms with Gasteiger partial charge < -0.3 is 9.53 Å². The lowest BCUT2D eigenvalue weighted by atomic mass is 9.83. The monoisotopic (exact) mass is 345 g/mol. The number of aldehydes is 1. The quantitative estimate of drug-likeness (QED) is 0.614. The highest BCUT2D eigenvalue weighted by atomic mass is 35.5.